The second-order valence-corrected chi connectivity index (χ2v) is 5.88. The highest BCUT2D eigenvalue weighted by Crippen LogP contribution is 2.30. The van der Waals surface area contributed by atoms with Crippen molar-refractivity contribution in [1.29, 1.82) is 0 Å². The summed E-state index contributed by atoms with van der Waals surface area (Å²) in [5, 5.41) is 0. The first-order chi connectivity index (χ1) is 11.4. The largest absolute Gasteiger partial charge is 0.417 e. The van der Waals surface area contributed by atoms with Gasteiger partial charge in [0.05, 0.1) is 24.5 Å². The normalized spacial score (nSPS) is 17.7. The van der Waals surface area contributed by atoms with E-state index in [9.17, 15) is 13.2 Å². The first kappa shape index (κ1) is 16.9. The SMILES string of the molecule is CC(c1ccc(-c2ccc(C(F)(F)F)cn2)cc1)N1CCOCC1. The molecule has 1 atom stereocenters. The second kappa shape index (κ2) is 6.91. The van der Waals surface area contributed by atoms with Crippen molar-refractivity contribution in [3.63, 3.8) is 0 Å². The molecule has 1 aromatic heterocycles. The lowest BCUT2D eigenvalue weighted by Gasteiger charge is -2.32. The number of hydrogen-bond acceptors (Lipinski definition) is 3. The number of ether oxygens (including phenoxy) is 1. The fourth-order valence-corrected chi connectivity index (χ4v) is 2.84. The Morgan fingerprint density at radius 1 is 1.04 bits per heavy atom. The summed E-state index contributed by atoms with van der Waals surface area (Å²) in [6.45, 7) is 5.46. The number of halogens is 3. The monoisotopic (exact) mass is 336 g/mol. The van der Waals surface area contributed by atoms with Crippen LogP contribution < -0.4 is 0 Å². The summed E-state index contributed by atoms with van der Waals surface area (Å²) in [5.74, 6) is 0. The van der Waals surface area contributed by atoms with Crippen molar-refractivity contribution >= 4 is 0 Å². The Morgan fingerprint density at radius 3 is 2.25 bits per heavy atom. The van der Waals surface area contributed by atoms with Gasteiger partial charge >= 0.3 is 6.18 Å². The third-order valence-corrected chi connectivity index (χ3v) is 4.37. The molecule has 1 saturated heterocycles. The van der Waals surface area contributed by atoms with Gasteiger partial charge in [0.25, 0.3) is 0 Å². The minimum atomic E-state index is -4.36. The predicted octanol–water partition coefficient (Wildman–Crippen LogP) is 4.16. The third-order valence-electron chi connectivity index (χ3n) is 4.37. The zero-order valence-electron chi connectivity index (χ0n) is 13.4. The van der Waals surface area contributed by atoms with Crippen molar-refractivity contribution in [1.82, 2.24) is 9.88 Å². The van der Waals surface area contributed by atoms with Crippen molar-refractivity contribution in [2.45, 2.75) is 19.1 Å². The molecule has 1 unspecified atom stereocenters. The first-order valence-corrected chi connectivity index (χ1v) is 7.90. The van der Waals surface area contributed by atoms with Gasteiger partial charge in [0.15, 0.2) is 0 Å². The maximum atomic E-state index is 12.6. The van der Waals surface area contributed by atoms with Crippen LogP contribution in [0, 0.1) is 0 Å². The molecule has 1 aliphatic heterocycles. The zero-order valence-corrected chi connectivity index (χ0v) is 13.4. The van der Waals surface area contributed by atoms with Crippen LogP contribution in [0.5, 0.6) is 0 Å². The number of alkyl halides is 3. The lowest BCUT2D eigenvalue weighted by molar-refractivity contribution is -0.137. The molecule has 128 valence electrons. The number of pyridine rings is 1. The molecule has 3 rings (SSSR count). The molecule has 1 aliphatic rings. The molecule has 0 saturated carbocycles. The molecule has 0 spiro atoms. The Kier molecular flexibility index (Phi) is 4.87. The van der Waals surface area contributed by atoms with Crippen molar-refractivity contribution in [3.05, 3.63) is 53.7 Å². The van der Waals surface area contributed by atoms with Crippen molar-refractivity contribution in [3.8, 4) is 11.3 Å². The molecule has 6 heteroatoms. The van der Waals surface area contributed by atoms with Gasteiger partial charge in [0, 0.05) is 30.9 Å². The van der Waals surface area contributed by atoms with Gasteiger partial charge in [-0.15, -0.1) is 0 Å². The van der Waals surface area contributed by atoms with E-state index in [1.165, 1.54) is 11.6 Å². The fraction of sp³-hybridized carbons (Fsp3) is 0.389. The smallest absolute Gasteiger partial charge is 0.379 e. The van der Waals surface area contributed by atoms with Gasteiger partial charge in [-0.3, -0.25) is 9.88 Å². The number of rotatable bonds is 3. The zero-order chi connectivity index (χ0) is 17.2. The molecule has 24 heavy (non-hydrogen) atoms. The average Bonchev–Trinajstić information content (AvgIpc) is 2.61. The van der Waals surface area contributed by atoms with Gasteiger partial charge in [-0.25, -0.2) is 0 Å². The summed E-state index contributed by atoms with van der Waals surface area (Å²) in [4.78, 5) is 6.29. The van der Waals surface area contributed by atoms with Gasteiger partial charge in [0.2, 0.25) is 0 Å². The summed E-state index contributed by atoms with van der Waals surface area (Å²) >= 11 is 0. The number of morpholine rings is 1. The summed E-state index contributed by atoms with van der Waals surface area (Å²) in [6.07, 6.45) is -3.48. The lowest BCUT2D eigenvalue weighted by Crippen LogP contribution is -2.37. The molecule has 0 amide bonds. The van der Waals surface area contributed by atoms with Gasteiger partial charge in [0.1, 0.15) is 0 Å². The highest BCUT2D eigenvalue weighted by atomic mass is 19.4. The molecular weight excluding hydrogens is 317 g/mol. The van der Waals surface area contributed by atoms with E-state index in [-0.39, 0.29) is 6.04 Å². The maximum absolute atomic E-state index is 12.6. The van der Waals surface area contributed by atoms with Crippen LogP contribution in [0.4, 0.5) is 13.2 Å². The Hall–Kier alpha value is -1.92. The van der Waals surface area contributed by atoms with E-state index < -0.39 is 11.7 Å². The number of hydrogen-bond donors (Lipinski definition) is 0. The number of nitrogens with zero attached hydrogens (tertiary/aromatic N) is 2. The van der Waals surface area contributed by atoms with E-state index >= 15 is 0 Å². The van der Waals surface area contributed by atoms with Crippen LogP contribution in [0.15, 0.2) is 42.6 Å². The number of benzene rings is 1. The molecular formula is C18H19F3N2O. The topological polar surface area (TPSA) is 25.4 Å². The highest BCUT2D eigenvalue weighted by Gasteiger charge is 2.30. The highest BCUT2D eigenvalue weighted by molar-refractivity contribution is 5.59. The van der Waals surface area contributed by atoms with Crippen LogP contribution in [0.3, 0.4) is 0 Å². The quantitative estimate of drug-likeness (QED) is 0.841. The predicted molar refractivity (Wildman–Crippen MR) is 85.5 cm³/mol. The van der Waals surface area contributed by atoms with E-state index in [1.807, 2.05) is 24.3 Å². The van der Waals surface area contributed by atoms with Gasteiger partial charge in [-0.2, -0.15) is 13.2 Å². The molecule has 0 N–H and O–H groups in total. The maximum Gasteiger partial charge on any atom is 0.417 e. The van der Waals surface area contributed by atoms with E-state index in [0.29, 0.717) is 5.69 Å². The Morgan fingerprint density at radius 2 is 1.71 bits per heavy atom. The van der Waals surface area contributed by atoms with Crippen LogP contribution in [0.2, 0.25) is 0 Å². The summed E-state index contributed by atoms with van der Waals surface area (Å²) < 4.78 is 43.1. The molecule has 1 fully saturated rings. The van der Waals surface area contributed by atoms with Crippen molar-refractivity contribution in [2.24, 2.45) is 0 Å². The van der Waals surface area contributed by atoms with Gasteiger partial charge in [-0.1, -0.05) is 24.3 Å². The van der Waals surface area contributed by atoms with Gasteiger partial charge in [-0.05, 0) is 24.6 Å². The van der Waals surface area contributed by atoms with E-state index in [1.54, 1.807) is 0 Å². The lowest BCUT2D eigenvalue weighted by atomic mass is 10.0. The third kappa shape index (κ3) is 3.76. The molecule has 0 aliphatic carbocycles. The molecule has 3 nitrogen and oxygen atoms in total. The Balaban J connectivity index is 1.74. The van der Waals surface area contributed by atoms with Gasteiger partial charge < -0.3 is 4.74 Å². The average molecular weight is 336 g/mol. The fourth-order valence-electron chi connectivity index (χ4n) is 2.84. The minimum Gasteiger partial charge on any atom is -0.379 e. The Bertz CT molecular complexity index is 662. The van der Waals surface area contributed by atoms with E-state index in [0.717, 1.165) is 44.1 Å². The molecule has 0 bridgehead atoms. The van der Waals surface area contributed by atoms with E-state index in [4.69, 9.17) is 4.74 Å². The van der Waals surface area contributed by atoms with Crippen LogP contribution in [-0.2, 0) is 10.9 Å². The second-order valence-electron chi connectivity index (χ2n) is 5.88. The summed E-state index contributed by atoms with van der Waals surface area (Å²) in [5.41, 5.74) is 1.78. The minimum absolute atomic E-state index is 0.281. The van der Waals surface area contributed by atoms with Crippen LogP contribution >= 0.6 is 0 Å². The Labute approximate surface area is 139 Å². The van der Waals surface area contributed by atoms with Crippen LogP contribution in [0.25, 0.3) is 11.3 Å². The van der Waals surface area contributed by atoms with E-state index in [2.05, 4.69) is 16.8 Å². The standard InChI is InChI=1S/C18H19F3N2O/c1-13(23-8-10-24-11-9-23)14-2-4-15(5-3-14)17-7-6-16(12-22-17)18(19,20)21/h2-7,12-13H,8-11H2,1H3. The molecule has 2 aromatic rings. The number of aromatic nitrogens is 1. The van der Waals surface area contributed by atoms with Crippen LogP contribution in [0.1, 0.15) is 24.1 Å². The van der Waals surface area contributed by atoms with Crippen molar-refractivity contribution < 1.29 is 17.9 Å². The van der Waals surface area contributed by atoms with Crippen molar-refractivity contribution in [2.75, 3.05) is 26.3 Å². The first-order valence-electron chi connectivity index (χ1n) is 7.90. The molecule has 2 heterocycles. The summed E-state index contributed by atoms with van der Waals surface area (Å²) in [6, 6.07) is 10.6. The van der Waals surface area contributed by atoms with Crippen LogP contribution in [-0.4, -0.2) is 36.2 Å². The molecule has 0 radical (unpaired) electrons. The molecule has 1 aromatic carbocycles. The summed E-state index contributed by atoms with van der Waals surface area (Å²) in [7, 11) is 0.